The maximum Gasteiger partial charge on any atom is 0.318 e. The summed E-state index contributed by atoms with van der Waals surface area (Å²) in [6, 6.07) is 11.5. The van der Waals surface area contributed by atoms with Crippen LogP contribution in [0.15, 0.2) is 47.6 Å². The van der Waals surface area contributed by atoms with Crippen LogP contribution < -0.4 is 0 Å². The highest BCUT2D eigenvalue weighted by Gasteiger charge is 2.20. The minimum absolute atomic E-state index is 0.132. The Balaban J connectivity index is 2.01. The third-order valence-corrected chi connectivity index (χ3v) is 4.39. The van der Waals surface area contributed by atoms with Crippen LogP contribution in [0.2, 0.25) is 0 Å². The second-order valence-electron chi connectivity index (χ2n) is 5.40. The molecule has 0 saturated heterocycles. The molecule has 0 fully saturated rings. The summed E-state index contributed by atoms with van der Waals surface area (Å²) in [5.74, 6) is -0.610. The molecular weight excluding hydrogens is 372 g/mol. The number of carbonyl (C=O) groups is 1. The van der Waals surface area contributed by atoms with Crippen molar-refractivity contribution in [1.82, 2.24) is 15.2 Å². The molecule has 0 aliphatic rings. The molecular formula is C17H15N4O5S+. The van der Waals surface area contributed by atoms with Crippen molar-refractivity contribution in [2.75, 3.05) is 12.9 Å². The number of nitrogens with one attached hydrogen (secondary N) is 1. The van der Waals surface area contributed by atoms with Crippen LogP contribution in [0.1, 0.15) is 0 Å². The van der Waals surface area contributed by atoms with Gasteiger partial charge in [0.1, 0.15) is 5.75 Å². The molecule has 0 amide bonds. The number of thioether (sulfide) groups is 1. The third-order valence-electron chi connectivity index (χ3n) is 3.56. The first-order chi connectivity index (χ1) is 13.0. The summed E-state index contributed by atoms with van der Waals surface area (Å²) in [5.41, 5.74) is 2.30. The van der Waals surface area contributed by atoms with Gasteiger partial charge in [-0.1, -0.05) is 23.9 Å². The van der Waals surface area contributed by atoms with Crippen molar-refractivity contribution in [3.8, 4) is 28.3 Å². The Morgan fingerprint density at radius 1 is 1.19 bits per heavy atom. The number of aliphatic carboxylic acids is 1. The molecule has 0 unspecified atom stereocenters. The van der Waals surface area contributed by atoms with Gasteiger partial charge in [-0.3, -0.25) is 9.89 Å². The van der Waals surface area contributed by atoms with E-state index in [2.05, 4.69) is 15.2 Å². The van der Waals surface area contributed by atoms with Gasteiger partial charge in [0.05, 0.1) is 10.7 Å². The van der Waals surface area contributed by atoms with Gasteiger partial charge < -0.3 is 10.2 Å². The highest BCUT2D eigenvalue weighted by molar-refractivity contribution is 7.99. The Morgan fingerprint density at radius 2 is 1.89 bits per heavy atom. The molecule has 0 spiro atoms. The van der Waals surface area contributed by atoms with Crippen molar-refractivity contribution in [2.45, 2.75) is 5.16 Å². The van der Waals surface area contributed by atoms with Gasteiger partial charge in [-0.15, -0.1) is 5.10 Å². The van der Waals surface area contributed by atoms with Crippen molar-refractivity contribution in [3.05, 3.63) is 47.4 Å². The molecule has 0 saturated carbocycles. The van der Waals surface area contributed by atoms with E-state index >= 15 is 0 Å². The molecule has 9 nitrogen and oxygen atoms in total. The number of hydrogen-bond acceptors (Lipinski definition) is 7. The molecule has 0 aliphatic heterocycles. The maximum atomic E-state index is 12.0. The quantitative estimate of drug-likeness (QED) is 0.417. The van der Waals surface area contributed by atoms with Gasteiger partial charge in [0.2, 0.25) is 5.16 Å². The number of H-pyrrole nitrogens is 1. The molecule has 0 atom stereocenters. The molecule has 138 valence electrons. The number of phenols is 1. The average Bonchev–Trinajstić information content (AvgIpc) is 3.15. The number of hydrogen-bond donors (Lipinski definition) is 3. The summed E-state index contributed by atoms with van der Waals surface area (Å²) in [4.78, 5) is 32.0. The van der Waals surface area contributed by atoms with E-state index < -0.39 is 5.97 Å². The largest absolute Gasteiger partial charge is 0.508 e. The van der Waals surface area contributed by atoms with Crippen LogP contribution in [0.25, 0.3) is 22.5 Å². The summed E-state index contributed by atoms with van der Waals surface area (Å²) < 4.78 is 0. The Hall–Kier alpha value is -3.40. The van der Waals surface area contributed by atoms with Crippen LogP contribution in [0.4, 0.5) is 5.69 Å². The van der Waals surface area contributed by atoms with Crippen LogP contribution >= 0.6 is 11.8 Å². The van der Waals surface area contributed by atoms with Gasteiger partial charge in [0.25, 0.3) is 4.92 Å². The van der Waals surface area contributed by atoms with E-state index in [4.69, 9.17) is 9.94 Å². The molecule has 3 aromatic rings. The number of phenolic OH excluding ortho intramolecular Hbond substituents is 1. The average molecular weight is 387 g/mol. The number of carboxylic acid groups (broad SMARTS) is 1. The number of carboxylic acids is 1. The lowest BCUT2D eigenvalue weighted by Crippen LogP contribution is -1.99. The second kappa shape index (κ2) is 7.87. The fourth-order valence-corrected chi connectivity index (χ4v) is 2.86. The lowest BCUT2D eigenvalue weighted by Gasteiger charge is -2.04. The maximum absolute atomic E-state index is 12.0. The van der Waals surface area contributed by atoms with Crippen molar-refractivity contribution in [1.29, 1.82) is 0 Å². The van der Waals surface area contributed by atoms with Crippen molar-refractivity contribution < 1.29 is 24.8 Å². The van der Waals surface area contributed by atoms with Gasteiger partial charge in [-0.05, 0) is 29.3 Å². The molecule has 1 aromatic heterocycles. The molecule has 2 aromatic carbocycles. The molecule has 27 heavy (non-hydrogen) atoms. The SMILES string of the molecule is CO[N+](=O)c1cc(-c2ccc(O)cc2)cc(-c2nc(SCC(=O)O)n[nH]2)c1. The summed E-state index contributed by atoms with van der Waals surface area (Å²) in [6.07, 6.45) is 0. The summed E-state index contributed by atoms with van der Waals surface area (Å²) in [7, 11) is 1.26. The number of benzene rings is 2. The topological polar surface area (TPSA) is 128 Å². The Morgan fingerprint density at radius 3 is 2.56 bits per heavy atom. The first-order valence-electron chi connectivity index (χ1n) is 7.69. The van der Waals surface area contributed by atoms with Gasteiger partial charge >= 0.3 is 11.7 Å². The number of rotatable bonds is 7. The van der Waals surface area contributed by atoms with Gasteiger partial charge in [-0.25, -0.2) is 9.82 Å². The van der Waals surface area contributed by atoms with E-state index in [0.29, 0.717) is 21.9 Å². The predicted octanol–water partition coefficient (Wildman–Crippen LogP) is 2.99. The van der Waals surface area contributed by atoms with Crippen LogP contribution in [-0.4, -0.2) is 49.1 Å². The molecule has 3 N–H and O–H groups in total. The molecule has 0 bridgehead atoms. The standard InChI is InChI=1S/C17H14N4O5S/c1-26-21(25)13-7-11(10-2-4-14(22)5-3-10)6-12(8-13)16-18-17(20-19-16)27-9-15(23)24/h2-8H,9H2,1H3,(H2-,18,19,20,22,23,24)/p+1. The molecule has 1 heterocycles. The Bertz CT molecular complexity index is 987. The lowest BCUT2D eigenvalue weighted by molar-refractivity contribution is -0.736. The third kappa shape index (κ3) is 4.42. The molecule has 0 aliphatic carbocycles. The second-order valence-corrected chi connectivity index (χ2v) is 6.35. The summed E-state index contributed by atoms with van der Waals surface area (Å²) in [5, 5.41) is 25.2. The van der Waals surface area contributed by atoms with E-state index in [1.165, 1.54) is 7.11 Å². The minimum atomic E-state index is -0.968. The molecule has 0 radical (unpaired) electrons. The van der Waals surface area contributed by atoms with E-state index in [9.17, 15) is 14.8 Å². The summed E-state index contributed by atoms with van der Waals surface area (Å²) in [6.45, 7) is 0. The zero-order valence-electron chi connectivity index (χ0n) is 14.1. The van der Waals surface area contributed by atoms with Crippen molar-refractivity contribution >= 4 is 23.4 Å². The highest BCUT2D eigenvalue weighted by Crippen LogP contribution is 2.31. The highest BCUT2D eigenvalue weighted by atomic mass is 32.2. The number of aromatic amines is 1. The van der Waals surface area contributed by atoms with Crippen molar-refractivity contribution in [3.63, 3.8) is 0 Å². The number of nitrogens with zero attached hydrogens (tertiary/aromatic N) is 3. The lowest BCUT2D eigenvalue weighted by atomic mass is 10.0. The first-order valence-corrected chi connectivity index (χ1v) is 8.68. The zero-order valence-corrected chi connectivity index (χ0v) is 14.9. The van der Waals surface area contributed by atoms with Gasteiger partial charge in [0.15, 0.2) is 12.9 Å². The number of aromatic nitrogens is 3. The van der Waals surface area contributed by atoms with E-state index in [0.717, 1.165) is 17.3 Å². The smallest absolute Gasteiger partial charge is 0.318 e. The van der Waals surface area contributed by atoms with Crippen LogP contribution in [0.3, 0.4) is 0 Å². The van der Waals surface area contributed by atoms with Gasteiger partial charge in [0, 0.05) is 17.7 Å². The van der Waals surface area contributed by atoms with E-state index in [-0.39, 0.29) is 22.3 Å². The summed E-state index contributed by atoms with van der Waals surface area (Å²) >= 11 is 0.984. The molecule has 3 rings (SSSR count). The van der Waals surface area contributed by atoms with Gasteiger partial charge in [-0.2, -0.15) is 0 Å². The Labute approximate surface area is 157 Å². The normalized spacial score (nSPS) is 10.6. The monoisotopic (exact) mass is 387 g/mol. The van der Waals surface area contributed by atoms with E-state index in [1.54, 1.807) is 42.5 Å². The van der Waals surface area contributed by atoms with Crippen LogP contribution in [0, 0.1) is 4.91 Å². The zero-order chi connectivity index (χ0) is 19.4. The minimum Gasteiger partial charge on any atom is -0.508 e. The fraction of sp³-hybridized carbons (Fsp3) is 0.118. The van der Waals surface area contributed by atoms with Crippen molar-refractivity contribution in [2.24, 2.45) is 0 Å². The fourth-order valence-electron chi connectivity index (χ4n) is 2.35. The Kier molecular flexibility index (Phi) is 5.36. The first kappa shape index (κ1) is 18.4. The van der Waals surface area contributed by atoms with E-state index in [1.807, 2.05) is 0 Å². The predicted molar refractivity (Wildman–Crippen MR) is 97.6 cm³/mol. The van der Waals surface area contributed by atoms with Crippen LogP contribution in [0.5, 0.6) is 5.75 Å². The molecule has 10 heteroatoms. The number of aromatic hydroxyl groups is 1. The van der Waals surface area contributed by atoms with Crippen LogP contribution in [-0.2, 0) is 9.63 Å².